The summed E-state index contributed by atoms with van der Waals surface area (Å²) in [5.41, 5.74) is 7.30. The predicted molar refractivity (Wildman–Crippen MR) is 82.1 cm³/mol. The molecule has 0 aliphatic heterocycles. The molecule has 2 aromatic rings. The van der Waals surface area contributed by atoms with E-state index < -0.39 is 6.10 Å². The number of nitrogens with zero attached hydrogens (tertiary/aromatic N) is 2. The first-order chi connectivity index (χ1) is 11.0. The summed E-state index contributed by atoms with van der Waals surface area (Å²) in [5.74, 6) is -0.649. The van der Waals surface area contributed by atoms with Gasteiger partial charge in [-0.1, -0.05) is 0 Å². The van der Waals surface area contributed by atoms with Crippen LogP contribution in [0.2, 0.25) is 0 Å². The number of carbonyl (C=O) groups excluding carboxylic acids is 1. The molecule has 1 saturated carbocycles. The lowest BCUT2D eigenvalue weighted by atomic mass is 10.1. The highest BCUT2D eigenvalue weighted by molar-refractivity contribution is 5.79. The number of aromatic nitrogens is 2. The van der Waals surface area contributed by atoms with Gasteiger partial charge >= 0.3 is 0 Å². The Morgan fingerprint density at radius 2 is 2.13 bits per heavy atom. The molecule has 122 valence electrons. The van der Waals surface area contributed by atoms with E-state index in [0.717, 1.165) is 11.3 Å². The van der Waals surface area contributed by atoms with E-state index in [1.807, 2.05) is 0 Å². The number of nitrogens with two attached hydrogens (primary N) is 1. The fourth-order valence-corrected chi connectivity index (χ4v) is 2.78. The topological polar surface area (TPSA) is 93.2 Å². The highest BCUT2D eigenvalue weighted by Crippen LogP contribution is 2.24. The van der Waals surface area contributed by atoms with Crippen LogP contribution in [0.5, 0.6) is 0 Å². The molecule has 0 unspecified atom stereocenters. The van der Waals surface area contributed by atoms with Crippen LogP contribution in [0.1, 0.15) is 18.4 Å². The summed E-state index contributed by atoms with van der Waals surface area (Å²) in [4.78, 5) is 12.1. The quantitative estimate of drug-likeness (QED) is 0.774. The van der Waals surface area contributed by atoms with Crippen molar-refractivity contribution < 1.29 is 14.3 Å². The fraction of sp³-hybridized carbons (Fsp3) is 0.375. The minimum Gasteiger partial charge on any atom is -0.391 e. The van der Waals surface area contributed by atoms with Gasteiger partial charge in [0.25, 0.3) is 0 Å². The number of halogens is 1. The molecule has 23 heavy (non-hydrogen) atoms. The van der Waals surface area contributed by atoms with Crippen LogP contribution in [0.15, 0.2) is 36.7 Å². The molecule has 1 aromatic heterocycles. The molecule has 1 aliphatic rings. The Balaban J connectivity index is 1.57. The van der Waals surface area contributed by atoms with Crippen LogP contribution in [0, 0.1) is 11.7 Å². The summed E-state index contributed by atoms with van der Waals surface area (Å²) in [6.45, 7) is 0.349. The Hall–Kier alpha value is -2.25. The minimum absolute atomic E-state index is 0.105. The molecule has 1 aromatic carbocycles. The van der Waals surface area contributed by atoms with Gasteiger partial charge in [0.1, 0.15) is 5.82 Å². The summed E-state index contributed by atoms with van der Waals surface area (Å²) < 4.78 is 14.5. The van der Waals surface area contributed by atoms with Crippen LogP contribution >= 0.6 is 0 Å². The van der Waals surface area contributed by atoms with Crippen molar-refractivity contribution in [3.05, 3.63) is 48.0 Å². The number of rotatable bonds is 4. The van der Waals surface area contributed by atoms with E-state index in [1.165, 1.54) is 12.1 Å². The molecule has 1 aliphatic carbocycles. The number of aliphatic hydroxyl groups is 1. The number of aliphatic hydroxyl groups excluding tert-OH is 1. The Kier molecular flexibility index (Phi) is 4.40. The van der Waals surface area contributed by atoms with Crippen LogP contribution < -0.4 is 11.1 Å². The van der Waals surface area contributed by atoms with Gasteiger partial charge in [0.2, 0.25) is 5.91 Å². The third-order valence-electron chi connectivity index (χ3n) is 4.14. The van der Waals surface area contributed by atoms with Gasteiger partial charge in [-0.25, -0.2) is 9.07 Å². The van der Waals surface area contributed by atoms with Crippen LogP contribution in [-0.4, -0.2) is 32.9 Å². The summed E-state index contributed by atoms with van der Waals surface area (Å²) in [7, 11) is 0. The van der Waals surface area contributed by atoms with Crippen molar-refractivity contribution in [3.8, 4) is 5.69 Å². The Morgan fingerprint density at radius 3 is 2.78 bits per heavy atom. The third kappa shape index (κ3) is 3.57. The molecule has 0 bridgehead atoms. The molecule has 1 amide bonds. The van der Waals surface area contributed by atoms with Crippen molar-refractivity contribution in [2.45, 2.75) is 31.5 Å². The molecule has 3 rings (SSSR count). The average molecular weight is 318 g/mol. The van der Waals surface area contributed by atoms with Crippen LogP contribution in [0.4, 0.5) is 4.39 Å². The van der Waals surface area contributed by atoms with Gasteiger partial charge in [-0.05, 0) is 37.1 Å². The summed E-state index contributed by atoms with van der Waals surface area (Å²) in [5, 5.41) is 16.6. The van der Waals surface area contributed by atoms with Gasteiger partial charge in [0.05, 0.1) is 18.0 Å². The highest BCUT2D eigenvalue weighted by Gasteiger charge is 2.34. The number of hydrogen-bond acceptors (Lipinski definition) is 4. The second kappa shape index (κ2) is 6.47. The van der Waals surface area contributed by atoms with Crippen molar-refractivity contribution in [1.82, 2.24) is 15.1 Å². The first-order valence-corrected chi connectivity index (χ1v) is 7.54. The van der Waals surface area contributed by atoms with Gasteiger partial charge in [-0.2, -0.15) is 5.10 Å². The van der Waals surface area contributed by atoms with Crippen molar-refractivity contribution in [3.63, 3.8) is 0 Å². The Bertz CT molecular complexity index is 676. The second-order valence-electron chi connectivity index (χ2n) is 5.89. The lowest BCUT2D eigenvalue weighted by molar-refractivity contribution is -0.125. The monoisotopic (exact) mass is 318 g/mol. The average Bonchev–Trinajstić information content (AvgIpc) is 3.13. The van der Waals surface area contributed by atoms with E-state index in [-0.39, 0.29) is 23.7 Å². The van der Waals surface area contributed by atoms with Crippen LogP contribution in [0.25, 0.3) is 5.69 Å². The lowest BCUT2D eigenvalue weighted by Gasteiger charge is -2.09. The van der Waals surface area contributed by atoms with E-state index in [0.29, 0.717) is 19.4 Å². The van der Waals surface area contributed by atoms with Crippen molar-refractivity contribution in [1.29, 1.82) is 0 Å². The molecule has 7 heteroatoms. The SMILES string of the molecule is N[C@H]1C[C@H](C(=O)NCc2cnn(-c3ccc(F)cc3)c2)C[C@@H]1O. The highest BCUT2D eigenvalue weighted by atomic mass is 19.1. The predicted octanol–water partition coefficient (Wildman–Crippen LogP) is 0.726. The number of benzene rings is 1. The smallest absolute Gasteiger partial charge is 0.223 e. The second-order valence-corrected chi connectivity index (χ2v) is 5.89. The van der Waals surface area contributed by atoms with Gasteiger partial charge in [-0.3, -0.25) is 4.79 Å². The van der Waals surface area contributed by atoms with E-state index in [4.69, 9.17) is 5.73 Å². The maximum absolute atomic E-state index is 12.9. The molecule has 0 radical (unpaired) electrons. The maximum atomic E-state index is 12.9. The van der Waals surface area contributed by atoms with Gasteiger partial charge in [0, 0.05) is 30.3 Å². The van der Waals surface area contributed by atoms with Gasteiger partial charge in [0.15, 0.2) is 0 Å². The molecule has 4 N–H and O–H groups in total. The maximum Gasteiger partial charge on any atom is 0.223 e. The lowest BCUT2D eigenvalue weighted by Crippen LogP contribution is -2.30. The van der Waals surface area contributed by atoms with Crippen LogP contribution in [-0.2, 0) is 11.3 Å². The number of nitrogens with one attached hydrogen (secondary N) is 1. The van der Waals surface area contributed by atoms with Crippen LogP contribution in [0.3, 0.4) is 0 Å². The number of amides is 1. The number of carbonyl (C=O) groups is 1. The first kappa shape index (κ1) is 15.6. The Labute approximate surface area is 133 Å². The zero-order valence-electron chi connectivity index (χ0n) is 12.5. The normalized spacial score (nSPS) is 23.9. The molecule has 1 fully saturated rings. The zero-order valence-corrected chi connectivity index (χ0v) is 12.5. The molecule has 0 spiro atoms. The van der Waals surface area contributed by atoms with E-state index in [9.17, 15) is 14.3 Å². The Morgan fingerprint density at radius 1 is 1.39 bits per heavy atom. The van der Waals surface area contributed by atoms with Crippen molar-refractivity contribution in [2.75, 3.05) is 0 Å². The summed E-state index contributed by atoms with van der Waals surface area (Å²) in [6, 6.07) is 5.67. The summed E-state index contributed by atoms with van der Waals surface area (Å²) >= 11 is 0. The zero-order chi connectivity index (χ0) is 16.4. The van der Waals surface area contributed by atoms with Crippen molar-refractivity contribution >= 4 is 5.91 Å². The standard InChI is InChI=1S/C16H19FN4O2/c17-12-1-3-13(4-2-12)21-9-10(8-20-21)7-19-16(23)11-5-14(18)15(22)6-11/h1-4,8-9,11,14-15,22H,5-7,18H2,(H,19,23)/t11-,14-,15-/m0/s1. The minimum atomic E-state index is -0.605. The van der Waals surface area contributed by atoms with Gasteiger partial charge < -0.3 is 16.2 Å². The number of hydrogen-bond donors (Lipinski definition) is 3. The van der Waals surface area contributed by atoms with Crippen molar-refractivity contribution in [2.24, 2.45) is 11.7 Å². The molecular formula is C16H19FN4O2. The first-order valence-electron chi connectivity index (χ1n) is 7.54. The summed E-state index contributed by atoms with van der Waals surface area (Å²) in [6.07, 6.45) is 3.73. The third-order valence-corrected chi connectivity index (χ3v) is 4.14. The van der Waals surface area contributed by atoms with E-state index in [2.05, 4.69) is 10.4 Å². The van der Waals surface area contributed by atoms with E-state index in [1.54, 1.807) is 29.2 Å². The molecular weight excluding hydrogens is 299 g/mol. The molecule has 1 heterocycles. The largest absolute Gasteiger partial charge is 0.391 e. The van der Waals surface area contributed by atoms with E-state index >= 15 is 0 Å². The molecule has 0 saturated heterocycles. The van der Waals surface area contributed by atoms with Gasteiger partial charge in [-0.15, -0.1) is 0 Å². The fourth-order valence-electron chi connectivity index (χ4n) is 2.78. The molecule has 6 nitrogen and oxygen atoms in total. The molecule has 3 atom stereocenters.